The maximum atomic E-state index is 11.0. The molecule has 0 bridgehead atoms. The fraction of sp³-hybridized carbons (Fsp3) is 0.833. The third-order valence-electron chi connectivity index (χ3n) is 3.55. The fourth-order valence-electron chi connectivity index (χ4n) is 2.49. The zero-order chi connectivity index (χ0) is 14.0. The second-order valence-corrected chi connectivity index (χ2v) is 5.47. The van der Waals surface area contributed by atoms with Gasteiger partial charge < -0.3 is 9.84 Å². The fourth-order valence-corrected chi connectivity index (χ4v) is 2.49. The molecule has 2 heterocycles. The third-order valence-corrected chi connectivity index (χ3v) is 3.55. The van der Waals surface area contributed by atoms with Gasteiger partial charge in [0.1, 0.15) is 0 Å². The zero-order valence-electron chi connectivity index (χ0n) is 11.5. The standard InChI is InChI=1S/C12H20N4O3/c1-7(2)10(5-11(17)18)16-12(13-14-15-16)9-4-8(3)19-6-9/h7-10H,4-6H2,1-3H3,(H,17,18). The van der Waals surface area contributed by atoms with Crippen molar-refractivity contribution >= 4 is 5.97 Å². The predicted molar refractivity (Wildman–Crippen MR) is 66.7 cm³/mol. The summed E-state index contributed by atoms with van der Waals surface area (Å²) in [6.45, 7) is 6.57. The first kappa shape index (κ1) is 13.9. The Morgan fingerprint density at radius 2 is 2.32 bits per heavy atom. The number of aliphatic carboxylic acids is 1. The number of ether oxygens (including phenoxy) is 1. The second kappa shape index (κ2) is 5.64. The molecule has 1 aliphatic rings. The third kappa shape index (κ3) is 3.09. The molecule has 2 rings (SSSR count). The number of rotatable bonds is 5. The van der Waals surface area contributed by atoms with Crippen LogP contribution in [0.1, 0.15) is 51.4 Å². The van der Waals surface area contributed by atoms with Gasteiger partial charge in [0.05, 0.1) is 25.2 Å². The Hall–Kier alpha value is -1.50. The van der Waals surface area contributed by atoms with Gasteiger partial charge in [-0.3, -0.25) is 4.79 Å². The first-order valence-corrected chi connectivity index (χ1v) is 6.60. The Balaban J connectivity index is 2.23. The molecule has 7 heteroatoms. The van der Waals surface area contributed by atoms with E-state index < -0.39 is 5.97 Å². The van der Waals surface area contributed by atoms with Gasteiger partial charge in [0.25, 0.3) is 0 Å². The summed E-state index contributed by atoms with van der Waals surface area (Å²) in [6, 6.07) is -0.224. The van der Waals surface area contributed by atoms with Crippen molar-refractivity contribution in [2.45, 2.75) is 51.7 Å². The molecule has 0 saturated carbocycles. The molecule has 1 aromatic rings. The molecule has 0 aromatic carbocycles. The number of tetrazole rings is 1. The van der Waals surface area contributed by atoms with Crippen LogP contribution in [-0.4, -0.2) is 44.0 Å². The van der Waals surface area contributed by atoms with Gasteiger partial charge in [-0.05, 0) is 29.7 Å². The summed E-state index contributed by atoms with van der Waals surface area (Å²) in [6.07, 6.45) is 1.10. The van der Waals surface area contributed by atoms with E-state index in [1.54, 1.807) is 4.68 Å². The number of nitrogens with zero attached hydrogens (tertiary/aromatic N) is 4. The van der Waals surface area contributed by atoms with E-state index in [9.17, 15) is 4.79 Å². The Bertz CT molecular complexity index is 446. The van der Waals surface area contributed by atoms with E-state index in [0.717, 1.165) is 12.2 Å². The lowest BCUT2D eigenvalue weighted by atomic mass is 9.99. The molecule has 7 nitrogen and oxygen atoms in total. The van der Waals surface area contributed by atoms with Crippen LogP contribution in [0.2, 0.25) is 0 Å². The quantitative estimate of drug-likeness (QED) is 0.864. The summed E-state index contributed by atoms with van der Waals surface area (Å²) < 4.78 is 7.21. The van der Waals surface area contributed by atoms with Gasteiger partial charge in [0.15, 0.2) is 5.82 Å². The maximum Gasteiger partial charge on any atom is 0.305 e. The Labute approximate surface area is 111 Å². The second-order valence-electron chi connectivity index (χ2n) is 5.47. The number of carboxylic acids is 1. The highest BCUT2D eigenvalue weighted by Gasteiger charge is 2.31. The van der Waals surface area contributed by atoms with Crippen molar-refractivity contribution in [2.75, 3.05) is 6.61 Å². The monoisotopic (exact) mass is 268 g/mol. The van der Waals surface area contributed by atoms with Crippen LogP contribution in [0.3, 0.4) is 0 Å². The Morgan fingerprint density at radius 1 is 1.58 bits per heavy atom. The van der Waals surface area contributed by atoms with E-state index in [4.69, 9.17) is 9.84 Å². The van der Waals surface area contributed by atoms with Crippen LogP contribution in [0.25, 0.3) is 0 Å². The van der Waals surface area contributed by atoms with Crippen molar-refractivity contribution in [1.29, 1.82) is 0 Å². The van der Waals surface area contributed by atoms with Crippen LogP contribution in [0.15, 0.2) is 0 Å². The van der Waals surface area contributed by atoms with Crippen LogP contribution in [0.4, 0.5) is 0 Å². The summed E-state index contributed by atoms with van der Waals surface area (Å²) in [5, 5.41) is 20.8. The van der Waals surface area contributed by atoms with Crippen molar-refractivity contribution in [1.82, 2.24) is 20.2 Å². The molecule has 0 aliphatic carbocycles. The largest absolute Gasteiger partial charge is 0.481 e. The first-order chi connectivity index (χ1) is 8.99. The van der Waals surface area contributed by atoms with Gasteiger partial charge in [-0.25, -0.2) is 4.68 Å². The van der Waals surface area contributed by atoms with Crippen LogP contribution < -0.4 is 0 Å². The highest BCUT2D eigenvalue weighted by molar-refractivity contribution is 5.67. The van der Waals surface area contributed by atoms with E-state index in [0.29, 0.717) is 6.61 Å². The Kier molecular flexibility index (Phi) is 4.14. The molecule has 3 atom stereocenters. The van der Waals surface area contributed by atoms with Crippen molar-refractivity contribution in [3.05, 3.63) is 5.82 Å². The van der Waals surface area contributed by atoms with E-state index in [1.165, 1.54) is 0 Å². The van der Waals surface area contributed by atoms with Gasteiger partial charge in [0.2, 0.25) is 0 Å². The van der Waals surface area contributed by atoms with Gasteiger partial charge >= 0.3 is 5.97 Å². The van der Waals surface area contributed by atoms with Gasteiger partial charge in [-0.15, -0.1) is 5.10 Å². The Morgan fingerprint density at radius 3 is 2.84 bits per heavy atom. The minimum atomic E-state index is -0.837. The molecular weight excluding hydrogens is 248 g/mol. The molecule has 1 aliphatic heterocycles. The predicted octanol–water partition coefficient (Wildman–Crippen LogP) is 1.24. The van der Waals surface area contributed by atoms with Crippen LogP contribution in [0, 0.1) is 5.92 Å². The maximum absolute atomic E-state index is 11.0. The lowest BCUT2D eigenvalue weighted by Crippen LogP contribution is -2.23. The van der Waals surface area contributed by atoms with Crippen molar-refractivity contribution in [3.8, 4) is 0 Å². The molecule has 0 radical (unpaired) electrons. The molecular formula is C12H20N4O3. The SMILES string of the molecule is CC1CC(c2nnnn2C(CC(=O)O)C(C)C)CO1. The highest BCUT2D eigenvalue weighted by Crippen LogP contribution is 2.31. The highest BCUT2D eigenvalue weighted by atomic mass is 16.5. The topological polar surface area (TPSA) is 90.1 Å². The zero-order valence-corrected chi connectivity index (χ0v) is 11.5. The summed E-state index contributed by atoms with van der Waals surface area (Å²) in [5.41, 5.74) is 0. The number of hydrogen-bond acceptors (Lipinski definition) is 5. The molecule has 1 saturated heterocycles. The molecule has 1 fully saturated rings. The number of hydrogen-bond donors (Lipinski definition) is 1. The van der Waals surface area contributed by atoms with Crippen LogP contribution in [-0.2, 0) is 9.53 Å². The average molecular weight is 268 g/mol. The summed E-state index contributed by atoms with van der Waals surface area (Å²) >= 11 is 0. The minimum absolute atomic E-state index is 0.0266. The van der Waals surface area contributed by atoms with Crippen molar-refractivity contribution in [2.24, 2.45) is 5.92 Å². The van der Waals surface area contributed by atoms with E-state index >= 15 is 0 Å². The lowest BCUT2D eigenvalue weighted by molar-refractivity contribution is -0.138. The number of aromatic nitrogens is 4. The van der Waals surface area contributed by atoms with Crippen molar-refractivity contribution < 1.29 is 14.6 Å². The molecule has 0 spiro atoms. The summed E-state index contributed by atoms with van der Waals surface area (Å²) in [7, 11) is 0. The van der Waals surface area contributed by atoms with Crippen molar-refractivity contribution in [3.63, 3.8) is 0 Å². The lowest BCUT2D eigenvalue weighted by Gasteiger charge is -2.21. The molecule has 0 amide bonds. The van der Waals surface area contributed by atoms with E-state index in [2.05, 4.69) is 15.5 Å². The first-order valence-electron chi connectivity index (χ1n) is 6.60. The minimum Gasteiger partial charge on any atom is -0.481 e. The number of carbonyl (C=O) groups is 1. The molecule has 1 aromatic heterocycles. The number of carboxylic acid groups (broad SMARTS) is 1. The molecule has 19 heavy (non-hydrogen) atoms. The van der Waals surface area contributed by atoms with Crippen LogP contribution >= 0.6 is 0 Å². The van der Waals surface area contributed by atoms with E-state index in [-0.39, 0.29) is 30.4 Å². The molecule has 106 valence electrons. The molecule has 3 unspecified atom stereocenters. The van der Waals surface area contributed by atoms with E-state index in [1.807, 2.05) is 20.8 Å². The van der Waals surface area contributed by atoms with Crippen LogP contribution in [0.5, 0.6) is 0 Å². The average Bonchev–Trinajstić information content (AvgIpc) is 2.93. The summed E-state index contributed by atoms with van der Waals surface area (Å²) in [4.78, 5) is 11.0. The molecule has 1 N–H and O–H groups in total. The smallest absolute Gasteiger partial charge is 0.305 e. The van der Waals surface area contributed by atoms with Gasteiger partial charge in [0, 0.05) is 5.92 Å². The van der Waals surface area contributed by atoms with Gasteiger partial charge in [-0.2, -0.15) is 0 Å². The normalized spacial score (nSPS) is 24.8. The van der Waals surface area contributed by atoms with Gasteiger partial charge in [-0.1, -0.05) is 13.8 Å². The summed E-state index contributed by atoms with van der Waals surface area (Å²) in [5.74, 6) is 0.207.